The van der Waals surface area contributed by atoms with Gasteiger partial charge in [0.25, 0.3) is 0 Å². The van der Waals surface area contributed by atoms with Crippen LogP contribution in [0.5, 0.6) is 11.6 Å². The van der Waals surface area contributed by atoms with Gasteiger partial charge in [-0.2, -0.15) is 0 Å². The lowest BCUT2D eigenvalue weighted by atomic mass is 10.3. The number of rotatable bonds is 2. The number of halogens is 5. The smallest absolute Gasteiger partial charge is 0.506 e. The minimum Gasteiger partial charge on any atom is -0.506 e. The van der Waals surface area contributed by atoms with Gasteiger partial charge in [-0.25, -0.2) is 4.98 Å². The van der Waals surface area contributed by atoms with Gasteiger partial charge in [-0.1, -0.05) is 0 Å². The SMILES string of the molecule is Oc1cc(I)c(OC(F)(F)F)nc1CCl. The van der Waals surface area contributed by atoms with Crippen LogP contribution in [0.1, 0.15) is 5.69 Å². The Bertz CT molecular complexity index is 372. The zero-order valence-corrected chi connectivity index (χ0v) is 9.89. The van der Waals surface area contributed by atoms with E-state index in [-0.39, 0.29) is 20.9 Å². The van der Waals surface area contributed by atoms with Crippen molar-refractivity contribution in [3.8, 4) is 11.6 Å². The summed E-state index contributed by atoms with van der Waals surface area (Å²) < 4.78 is 39.4. The van der Waals surface area contributed by atoms with Crippen molar-refractivity contribution in [2.45, 2.75) is 12.2 Å². The summed E-state index contributed by atoms with van der Waals surface area (Å²) in [6, 6.07) is 1.10. The van der Waals surface area contributed by atoms with Crippen molar-refractivity contribution in [2.24, 2.45) is 0 Å². The third kappa shape index (κ3) is 3.56. The Balaban J connectivity index is 3.08. The molecule has 3 nitrogen and oxygen atoms in total. The van der Waals surface area contributed by atoms with Gasteiger partial charge in [0, 0.05) is 6.07 Å². The molecule has 1 aromatic heterocycles. The van der Waals surface area contributed by atoms with E-state index in [9.17, 15) is 18.3 Å². The topological polar surface area (TPSA) is 42.4 Å². The van der Waals surface area contributed by atoms with E-state index < -0.39 is 12.2 Å². The molecule has 0 saturated heterocycles. The van der Waals surface area contributed by atoms with Gasteiger partial charge in [-0.15, -0.1) is 24.8 Å². The maximum absolute atomic E-state index is 11.9. The highest BCUT2D eigenvalue weighted by molar-refractivity contribution is 14.1. The second-order valence-corrected chi connectivity index (χ2v) is 3.85. The summed E-state index contributed by atoms with van der Waals surface area (Å²) >= 11 is 6.93. The number of hydrogen-bond acceptors (Lipinski definition) is 3. The first kappa shape index (κ1) is 12.6. The van der Waals surface area contributed by atoms with Crippen molar-refractivity contribution in [1.82, 2.24) is 4.98 Å². The zero-order valence-electron chi connectivity index (χ0n) is 6.98. The third-order valence-corrected chi connectivity index (χ3v) is 2.36. The summed E-state index contributed by atoms with van der Waals surface area (Å²) in [4.78, 5) is 3.44. The summed E-state index contributed by atoms with van der Waals surface area (Å²) in [5, 5.41) is 9.23. The van der Waals surface area contributed by atoms with Crippen molar-refractivity contribution in [1.29, 1.82) is 0 Å². The van der Waals surface area contributed by atoms with Crippen molar-refractivity contribution in [3.05, 3.63) is 15.3 Å². The van der Waals surface area contributed by atoms with Crippen LogP contribution in [-0.2, 0) is 5.88 Å². The molecule has 8 heteroatoms. The van der Waals surface area contributed by atoms with E-state index >= 15 is 0 Å². The van der Waals surface area contributed by atoms with Crippen LogP contribution in [-0.4, -0.2) is 16.5 Å². The molecule has 1 N–H and O–H groups in total. The first-order chi connectivity index (χ1) is 6.83. The fraction of sp³-hybridized carbons (Fsp3) is 0.286. The molecule has 0 fully saturated rings. The Kier molecular flexibility index (Phi) is 3.87. The Labute approximate surface area is 101 Å². The van der Waals surface area contributed by atoms with Crippen molar-refractivity contribution < 1.29 is 23.0 Å². The summed E-state index contributed by atoms with van der Waals surface area (Å²) in [6.45, 7) is 0. The molecule has 0 spiro atoms. The monoisotopic (exact) mass is 353 g/mol. The number of alkyl halides is 4. The van der Waals surface area contributed by atoms with E-state index in [0.29, 0.717) is 0 Å². The van der Waals surface area contributed by atoms with Gasteiger partial charge < -0.3 is 9.84 Å². The zero-order chi connectivity index (χ0) is 11.6. The van der Waals surface area contributed by atoms with Crippen molar-refractivity contribution in [3.63, 3.8) is 0 Å². The Hall–Kier alpha value is -0.440. The average molecular weight is 353 g/mol. The molecule has 0 atom stereocenters. The first-order valence-corrected chi connectivity index (χ1v) is 5.15. The summed E-state index contributed by atoms with van der Waals surface area (Å²) in [5.74, 6) is -1.07. The van der Waals surface area contributed by atoms with Gasteiger partial charge in [0.15, 0.2) is 0 Å². The van der Waals surface area contributed by atoms with Gasteiger partial charge in [0.1, 0.15) is 11.4 Å². The highest BCUT2D eigenvalue weighted by Crippen LogP contribution is 2.30. The molecule has 15 heavy (non-hydrogen) atoms. The van der Waals surface area contributed by atoms with Crippen LogP contribution in [0.3, 0.4) is 0 Å². The number of ether oxygens (including phenoxy) is 1. The molecule has 0 aromatic carbocycles. The fourth-order valence-corrected chi connectivity index (χ4v) is 1.50. The predicted molar refractivity (Wildman–Crippen MR) is 54.9 cm³/mol. The third-order valence-electron chi connectivity index (χ3n) is 1.34. The molecular weight excluding hydrogens is 349 g/mol. The van der Waals surface area contributed by atoms with Crippen LogP contribution in [0.25, 0.3) is 0 Å². The molecule has 1 aromatic rings. The van der Waals surface area contributed by atoms with Crippen LogP contribution >= 0.6 is 34.2 Å². The van der Waals surface area contributed by atoms with E-state index in [2.05, 4.69) is 9.72 Å². The van der Waals surface area contributed by atoms with Crippen LogP contribution in [0, 0.1) is 3.57 Å². The van der Waals surface area contributed by atoms with E-state index in [0.717, 1.165) is 6.07 Å². The molecular formula is C7H4ClF3INO2. The molecule has 0 amide bonds. The molecule has 0 aliphatic rings. The predicted octanol–water partition coefficient (Wildman–Crippen LogP) is 3.03. The van der Waals surface area contributed by atoms with Gasteiger partial charge in [0.05, 0.1) is 9.45 Å². The van der Waals surface area contributed by atoms with Crippen LogP contribution in [0.2, 0.25) is 0 Å². The normalized spacial score (nSPS) is 11.5. The summed E-state index contributed by atoms with van der Waals surface area (Å²) in [7, 11) is 0. The van der Waals surface area contributed by atoms with E-state index in [1.165, 1.54) is 0 Å². The lowest BCUT2D eigenvalue weighted by Crippen LogP contribution is -2.19. The highest BCUT2D eigenvalue weighted by Gasteiger charge is 2.33. The Morgan fingerprint density at radius 3 is 2.60 bits per heavy atom. The lowest BCUT2D eigenvalue weighted by molar-refractivity contribution is -0.276. The summed E-state index contributed by atoms with van der Waals surface area (Å²) in [6.07, 6.45) is -4.81. The molecule has 0 saturated carbocycles. The van der Waals surface area contributed by atoms with Crippen LogP contribution in [0.15, 0.2) is 6.07 Å². The molecule has 0 aliphatic carbocycles. The molecule has 1 heterocycles. The Morgan fingerprint density at radius 2 is 2.13 bits per heavy atom. The van der Waals surface area contributed by atoms with Crippen LogP contribution in [0.4, 0.5) is 13.2 Å². The first-order valence-electron chi connectivity index (χ1n) is 3.53. The number of aromatic nitrogens is 1. The Morgan fingerprint density at radius 1 is 1.53 bits per heavy atom. The quantitative estimate of drug-likeness (QED) is 0.656. The molecule has 84 valence electrons. The van der Waals surface area contributed by atoms with Gasteiger partial charge >= 0.3 is 6.36 Å². The number of hydrogen-bond donors (Lipinski definition) is 1. The second kappa shape index (κ2) is 4.60. The van der Waals surface area contributed by atoms with E-state index in [1.807, 2.05) is 0 Å². The van der Waals surface area contributed by atoms with Gasteiger partial charge in [0.2, 0.25) is 5.88 Å². The number of nitrogens with zero attached hydrogens (tertiary/aromatic N) is 1. The molecule has 0 unspecified atom stereocenters. The molecule has 0 aliphatic heterocycles. The number of pyridine rings is 1. The molecule has 0 bridgehead atoms. The minimum atomic E-state index is -4.81. The van der Waals surface area contributed by atoms with Crippen molar-refractivity contribution in [2.75, 3.05) is 0 Å². The summed E-state index contributed by atoms with van der Waals surface area (Å²) in [5.41, 5.74) is -0.0590. The van der Waals surface area contributed by atoms with Gasteiger partial charge in [-0.3, -0.25) is 0 Å². The van der Waals surface area contributed by atoms with Crippen LogP contribution < -0.4 is 4.74 Å². The average Bonchev–Trinajstić information content (AvgIpc) is 2.07. The standard InChI is InChI=1S/C7H4ClF3INO2/c8-2-4-5(14)1-3(12)6(13-4)15-7(9,10)11/h1,14H,2H2. The lowest BCUT2D eigenvalue weighted by Gasteiger charge is -2.11. The molecule has 0 radical (unpaired) electrons. The largest absolute Gasteiger partial charge is 0.574 e. The minimum absolute atomic E-state index is 0.0521. The maximum Gasteiger partial charge on any atom is 0.574 e. The van der Waals surface area contributed by atoms with E-state index in [4.69, 9.17) is 11.6 Å². The van der Waals surface area contributed by atoms with Crippen molar-refractivity contribution >= 4 is 34.2 Å². The number of aromatic hydroxyl groups is 1. The fourth-order valence-electron chi connectivity index (χ4n) is 0.778. The van der Waals surface area contributed by atoms with E-state index in [1.54, 1.807) is 22.6 Å². The van der Waals surface area contributed by atoms with Gasteiger partial charge in [-0.05, 0) is 22.6 Å². The molecule has 1 rings (SSSR count). The second-order valence-electron chi connectivity index (χ2n) is 2.42. The highest BCUT2D eigenvalue weighted by atomic mass is 127. The maximum atomic E-state index is 11.9.